The minimum Gasteiger partial charge on any atom is -0.497 e. The number of ether oxygens (including phenoxy) is 2. The summed E-state index contributed by atoms with van der Waals surface area (Å²) in [6, 6.07) is 3.13. The van der Waals surface area contributed by atoms with E-state index in [4.69, 9.17) is 9.84 Å². The van der Waals surface area contributed by atoms with Crippen LogP contribution in [0.4, 0.5) is 13.2 Å². The van der Waals surface area contributed by atoms with Gasteiger partial charge in [-0.3, -0.25) is 0 Å². The molecule has 8 heteroatoms. The largest absolute Gasteiger partial charge is 0.497 e. The Morgan fingerprint density at radius 1 is 1.50 bits per heavy atom. The van der Waals surface area contributed by atoms with E-state index in [1.165, 1.54) is 13.2 Å². The van der Waals surface area contributed by atoms with Crippen molar-refractivity contribution in [2.45, 2.75) is 11.7 Å². The standard InChI is InChI=1S/C10H8ClF3O4/c1-17-5-2-3-6(8(15)16)7(4-5)18-10(13,14)9(11)12/h2-4,9H,1H3,(H,15,16). The number of carboxylic acids is 1. The van der Waals surface area contributed by atoms with Crippen LogP contribution in [-0.2, 0) is 0 Å². The molecule has 4 nitrogen and oxygen atoms in total. The molecule has 0 amide bonds. The Morgan fingerprint density at radius 3 is 2.56 bits per heavy atom. The van der Waals surface area contributed by atoms with Crippen LogP contribution in [0, 0.1) is 0 Å². The van der Waals surface area contributed by atoms with E-state index in [0.29, 0.717) is 0 Å². The molecule has 0 aliphatic heterocycles. The monoisotopic (exact) mass is 284 g/mol. The summed E-state index contributed by atoms with van der Waals surface area (Å²) in [4.78, 5) is 10.8. The summed E-state index contributed by atoms with van der Waals surface area (Å²) in [7, 11) is 1.25. The highest BCUT2D eigenvalue weighted by atomic mass is 35.5. The summed E-state index contributed by atoms with van der Waals surface area (Å²) >= 11 is 4.60. The second kappa shape index (κ2) is 5.34. The second-order valence-corrected chi connectivity index (χ2v) is 3.51. The summed E-state index contributed by atoms with van der Waals surface area (Å²) in [6.07, 6.45) is -4.35. The zero-order valence-corrected chi connectivity index (χ0v) is 9.75. The van der Waals surface area contributed by atoms with E-state index in [1.54, 1.807) is 0 Å². The second-order valence-electron chi connectivity index (χ2n) is 3.13. The first-order valence-electron chi connectivity index (χ1n) is 4.54. The van der Waals surface area contributed by atoms with Gasteiger partial charge in [-0.25, -0.2) is 9.18 Å². The third-order valence-electron chi connectivity index (χ3n) is 1.92. The van der Waals surface area contributed by atoms with Gasteiger partial charge in [0.05, 0.1) is 7.11 Å². The lowest BCUT2D eigenvalue weighted by molar-refractivity contribution is -0.199. The number of hydrogen-bond donors (Lipinski definition) is 1. The van der Waals surface area contributed by atoms with E-state index < -0.39 is 29.0 Å². The van der Waals surface area contributed by atoms with Crippen molar-refractivity contribution in [1.29, 1.82) is 0 Å². The summed E-state index contributed by atoms with van der Waals surface area (Å²) in [5, 5.41) is 8.77. The van der Waals surface area contributed by atoms with Crippen molar-refractivity contribution in [1.82, 2.24) is 0 Å². The molecule has 1 aromatic rings. The van der Waals surface area contributed by atoms with Crippen LogP contribution in [0.3, 0.4) is 0 Å². The number of benzene rings is 1. The van der Waals surface area contributed by atoms with Crippen molar-refractivity contribution in [3.8, 4) is 11.5 Å². The first-order valence-corrected chi connectivity index (χ1v) is 4.98. The van der Waals surface area contributed by atoms with Gasteiger partial charge in [0, 0.05) is 6.07 Å². The Hall–Kier alpha value is -1.63. The molecule has 0 saturated heterocycles. The van der Waals surface area contributed by atoms with Gasteiger partial charge in [0.1, 0.15) is 17.1 Å². The molecule has 0 heterocycles. The Morgan fingerprint density at radius 2 is 2.11 bits per heavy atom. The lowest BCUT2D eigenvalue weighted by atomic mass is 10.2. The molecule has 0 fully saturated rings. The molecule has 0 spiro atoms. The maximum absolute atomic E-state index is 12.9. The predicted octanol–water partition coefficient (Wildman–Crippen LogP) is 2.90. The van der Waals surface area contributed by atoms with Crippen LogP contribution in [-0.4, -0.2) is 29.9 Å². The van der Waals surface area contributed by atoms with Crippen molar-refractivity contribution in [2.24, 2.45) is 0 Å². The average Bonchev–Trinajstić information content (AvgIpc) is 2.27. The van der Waals surface area contributed by atoms with Crippen molar-refractivity contribution in [2.75, 3.05) is 7.11 Å². The number of hydrogen-bond acceptors (Lipinski definition) is 3. The van der Waals surface area contributed by atoms with Crippen LogP contribution >= 0.6 is 11.6 Å². The van der Waals surface area contributed by atoms with E-state index in [1.807, 2.05) is 0 Å². The smallest absolute Gasteiger partial charge is 0.444 e. The van der Waals surface area contributed by atoms with E-state index in [9.17, 15) is 18.0 Å². The fraction of sp³-hybridized carbons (Fsp3) is 0.300. The molecule has 0 aliphatic carbocycles. The summed E-state index contributed by atoms with van der Waals surface area (Å²) in [6.45, 7) is 0. The molecule has 18 heavy (non-hydrogen) atoms. The van der Waals surface area contributed by atoms with Gasteiger partial charge >= 0.3 is 12.1 Å². The number of aromatic carboxylic acids is 1. The Balaban J connectivity index is 3.16. The Bertz CT molecular complexity index is 451. The highest BCUT2D eigenvalue weighted by Gasteiger charge is 2.43. The zero-order valence-electron chi connectivity index (χ0n) is 8.99. The fourth-order valence-electron chi connectivity index (χ4n) is 1.08. The van der Waals surface area contributed by atoms with E-state index >= 15 is 0 Å². The maximum Gasteiger partial charge on any atom is 0.444 e. The molecule has 0 radical (unpaired) electrons. The first-order chi connectivity index (χ1) is 8.27. The Labute approximate surface area is 105 Å². The average molecular weight is 285 g/mol. The van der Waals surface area contributed by atoms with Crippen LogP contribution in [0.25, 0.3) is 0 Å². The van der Waals surface area contributed by atoms with Crippen LogP contribution in [0.15, 0.2) is 18.2 Å². The number of alkyl halides is 4. The fourth-order valence-corrected chi connectivity index (χ4v) is 1.13. The van der Waals surface area contributed by atoms with Crippen molar-refractivity contribution in [3.63, 3.8) is 0 Å². The molecular formula is C10H8ClF3O4. The van der Waals surface area contributed by atoms with E-state index in [2.05, 4.69) is 16.3 Å². The lowest BCUT2D eigenvalue weighted by Crippen LogP contribution is -2.33. The molecular weight excluding hydrogens is 277 g/mol. The molecule has 1 rings (SSSR count). The Kier molecular flexibility index (Phi) is 4.28. The van der Waals surface area contributed by atoms with Crippen LogP contribution in [0.2, 0.25) is 0 Å². The van der Waals surface area contributed by atoms with Crippen LogP contribution in [0.5, 0.6) is 11.5 Å². The molecule has 1 unspecified atom stereocenters. The third kappa shape index (κ3) is 3.19. The zero-order chi connectivity index (χ0) is 13.9. The molecule has 1 aromatic carbocycles. The highest BCUT2D eigenvalue weighted by molar-refractivity contribution is 6.20. The molecule has 1 atom stereocenters. The van der Waals surface area contributed by atoms with Gasteiger partial charge in [0.15, 0.2) is 0 Å². The molecule has 0 aromatic heterocycles. The van der Waals surface area contributed by atoms with Crippen molar-refractivity contribution in [3.05, 3.63) is 23.8 Å². The van der Waals surface area contributed by atoms with Gasteiger partial charge in [-0.1, -0.05) is 11.6 Å². The topological polar surface area (TPSA) is 55.8 Å². The molecule has 1 N–H and O–H groups in total. The predicted molar refractivity (Wildman–Crippen MR) is 56.3 cm³/mol. The number of rotatable bonds is 5. The quantitative estimate of drug-likeness (QED) is 0.845. The number of methoxy groups -OCH3 is 1. The van der Waals surface area contributed by atoms with Gasteiger partial charge in [0.2, 0.25) is 0 Å². The van der Waals surface area contributed by atoms with E-state index in [0.717, 1.165) is 12.1 Å². The summed E-state index contributed by atoms with van der Waals surface area (Å²) in [5.41, 5.74) is -3.67. The molecule has 0 aliphatic rings. The summed E-state index contributed by atoms with van der Waals surface area (Å²) < 4.78 is 47.0. The minimum absolute atomic E-state index is 0.0794. The number of carbonyl (C=O) groups is 1. The number of halogens is 4. The molecule has 0 saturated carbocycles. The third-order valence-corrected chi connectivity index (χ3v) is 2.17. The van der Waals surface area contributed by atoms with Gasteiger partial charge in [-0.2, -0.15) is 8.78 Å². The van der Waals surface area contributed by atoms with Gasteiger partial charge < -0.3 is 14.6 Å². The van der Waals surface area contributed by atoms with Crippen LogP contribution in [0.1, 0.15) is 10.4 Å². The van der Waals surface area contributed by atoms with Gasteiger partial charge in [-0.15, -0.1) is 0 Å². The highest BCUT2D eigenvalue weighted by Crippen LogP contribution is 2.33. The van der Waals surface area contributed by atoms with Crippen molar-refractivity contribution < 1.29 is 32.5 Å². The van der Waals surface area contributed by atoms with Gasteiger partial charge in [0.25, 0.3) is 5.63 Å². The van der Waals surface area contributed by atoms with Gasteiger partial charge in [-0.05, 0) is 12.1 Å². The number of carboxylic acid groups (broad SMARTS) is 1. The molecule has 100 valence electrons. The normalized spacial score (nSPS) is 12.9. The maximum atomic E-state index is 12.9. The minimum atomic E-state index is -4.35. The molecule has 0 bridgehead atoms. The van der Waals surface area contributed by atoms with E-state index in [-0.39, 0.29) is 5.75 Å². The SMILES string of the molecule is COc1ccc(C(=O)O)c(OC(F)(F)C(F)Cl)c1. The van der Waals surface area contributed by atoms with Crippen molar-refractivity contribution >= 4 is 17.6 Å². The van der Waals surface area contributed by atoms with Crippen LogP contribution < -0.4 is 9.47 Å². The lowest BCUT2D eigenvalue weighted by Gasteiger charge is -2.19. The first kappa shape index (κ1) is 14.4. The summed E-state index contributed by atoms with van der Waals surface area (Å²) in [5.74, 6) is -2.17.